The fraction of sp³-hybridized carbons (Fsp3) is 0.444. The molecule has 2 aliphatic heterocycles. The maximum Gasteiger partial charge on any atom is 0.340 e. The largest absolute Gasteiger partial charge is 0.465 e. The molecule has 1 amide bonds. The highest BCUT2D eigenvalue weighted by atomic mass is 32.1. The fourth-order valence-electron chi connectivity index (χ4n) is 3.10. The highest BCUT2D eigenvalue weighted by Gasteiger charge is 2.38. The number of thiophene rings is 1. The van der Waals surface area contributed by atoms with Crippen molar-refractivity contribution in [1.29, 1.82) is 0 Å². The molecule has 0 aromatic carbocycles. The molecular weight excluding hydrogens is 326 g/mol. The molecule has 1 atom stereocenters. The predicted octanol–water partition coefficient (Wildman–Crippen LogP) is 2.91. The van der Waals surface area contributed by atoms with Crippen molar-refractivity contribution in [3.63, 3.8) is 0 Å². The van der Waals surface area contributed by atoms with Crippen molar-refractivity contribution < 1.29 is 19.1 Å². The van der Waals surface area contributed by atoms with Crippen molar-refractivity contribution >= 4 is 29.3 Å². The summed E-state index contributed by atoms with van der Waals surface area (Å²) in [6.07, 6.45) is 3.78. The fourth-order valence-corrected chi connectivity index (χ4v) is 3.96. The van der Waals surface area contributed by atoms with Crippen LogP contribution < -0.4 is 0 Å². The Bertz CT molecular complexity index is 725. The molecule has 0 N–H and O–H groups in total. The third kappa shape index (κ3) is 3.03. The van der Waals surface area contributed by atoms with Crippen LogP contribution in [0.25, 0.3) is 6.08 Å². The lowest BCUT2D eigenvalue weighted by Gasteiger charge is -2.21. The van der Waals surface area contributed by atoms with E-state index in [-0.39, 0.29) is 12.0 Å². The zero-order valence-corrected chi connectivity index (χ0v) is 14.9. The van der Waals surface area contributed by atoms with Gasteiger partial charge in [-0.3, -0.25) is 4.79 Å². The second-order valence-electron chi connectivity index (χ2n) is 6.03. The molecule has 24 heavy (non-hydrogen) atoms. The van der Waals surface area contributed by atoms with Crippen LogP contribution in [0, 0.1) is 6.92 Å². The molecule has 0 bridgehead atoms. The van der Waals surface area contributed by atoms with Gasteiger partial charge in [0.15, 0.2) is 0 Å². The van der Waals surface area contributed by atoms with E-state index in [1.54, 1.807) is 29.2 Å². The van der Waals surface area contributed by atoms with Gasteiger partial charge in [0.25, 0.3) is 5.91 Å². The molecule has 1 fully saturated rings. The summed E-state index contributed by atoms with van der Waals surface area (Å²) in [5, 5.41) is 1.97. The summed E-state index contributed by atoms with van der Waals surface area (Å²) in [4.78, 5) is 27.8. The number of carbonyl (C=O) groups is 2. The van der Waals surface area contributed by atoms with Crippen molar-refractivity contribution in [3.8, 4) is 0 Å². The van der Waals surface area contributed by atoms with Gasteiger partial charge in [0.1, 0.15) is 0 Å². The number of hydrogen-bond acceptors (Lipinski definition) is 5. The predicted molar refractivity (Wildman–Crippen MR) is 92.4 cm³/mol. The number of carbonyl (C=O) groups excluding carboxylic acids is 2. The van der Waals surface area contributed by atoms with Crippen LogP contribution in [0.1, 0.15) is 30.2 Å². The van der Waals surface area contributed by atoms with Crippen LogP contribution >= 0.6 is 11.3 Å². The summed E-state index contributed by atoms with van der Waals surface area (Å²) in [5.74, 6) is -0.632. The lowest BCUT2D eigenvalue weighted by atomic mass is 10.1. The molecule has 0 spiro atoms. The summed E-state index contributed by atoms with van der Waals surface area (Å²) < 4.78 is 10.6. The molecule has 0 saturated carbocycles. The number of aryl methyl sites for hydroxylation is 1. The van der Waals surface area contributed by atoms with Crippen LogP contribution in [-0.2, 0) is 19.1 Å². The van der Waals surface area contributed by atoms with Crippen molar-refractivity contribution in [2.45, 2.75) is 32.8 Å². The highest BCUT2D eigenvalue weighted by molar-refractivity contribution is 7.11. The van der Waals surface area contributed by atoms with E-state index < -0.39 is 5.97 Å². The zero-order valence-electron chi connectivity index (χ0n) is 14.1. The summed E-state index contributed by atoms with van der Waals surface area (Å²) in [7, 11) is 1.34. The highest BCUT2D eigenvalue weighted by Crippen LogP contribution is 2.34. The van der Waals surface area contributed by atoms with Gasteiger partial charge in [0, 0.05) is 17.2 Å². The maximum atomic E-state index is 12.9. The van der Waals surface area contributed by atoms with Gasteiger partial charge < -0.3 is 14.4 Å². The van der Waals surface area contributed by atoms with Gasteiger partial charge in [-0.1, -0.05) is 0 Å². The SMILES string of the molecule is COC(=O)C1=C(C)N(C[C@@H]2CCCO2)C(=O)/C1=C\c1sccc1C. The molecule has 2 aliphatic rings. The first-order valence-corrected chi connectivity index (χ1v) is 8.89. The minimum Gasteiger partial charge on any atom is -0.465 e. The Balaban J connectivity index is 1.98. The molecule has 1 saturated heterocycles. The smallest absolute Gasteiger partial charge is 0.340 e. The number of esters is 1. The van der Waals surface area contributed by atoms with E-state index in [9.17, 15) is 9.59 Å². The Morgan fingerprint density at radius 3 is 2.88 bits per heavy atom. The summed E-state index contributed by atoms with van der Waals surface area (Å²) in [6, 6.07) is 2.00. The maximum absolute atomic E-state index is 12.9. The summed E-state index contributed by atoms with van der Waals surface area (Å²) in [6.45, 7) is 4.99. The number of rotatable bonds is 4. The van der Waals surface area contributed by atoms with E-state index in [0.29, 0.717) is 23.4 Å². The first kappa shape index (κ1) is 16.9. The van der Waals surface area contributed by atoms with Crippen LogP contribution in [0.4, 0.5) is 0 Å². The number of ether oxygens (including phenoxy) is 2. The van der Waals surface area contributed by atoms with Gasteiger partial charge in [0.05, 0.1) is 30.9 Å². The average molecular weight is 347 g/mol. The molecule has 1 aromatic heterocycles. The number of hydrogen-bond donors (Lipinski definition) is 0. The van der Waals surface area contributed by atoms with Crippen LogP contribution in [-0.4, -0.2) is 43.1 Å². The molecule has 0 aliphatic carbocycles. The summed E-state index contributed by atoms with van der Waals surface area (Å²) >= 11 is 1.55. The van der Waals surface area contributed by atoms with Gasteiger partial charge in [-0.2, -0.15) is 0 Å². The van der Waals surface area contributed by atoms with E-state index >= 15 is 0 Å². The van der Waals surface area contributed by atoms with Gasteiger partial charge in [-0.25, -0.2) is 4.79 Å². The molecule has 1 aromatic rings. The number of amides is 1. The lowest BCUT2D eigenvalue weighted by Crippen LogP contribution is -2.33. The van der Waals surface area contributed by atoms with Gasteiger partial charge in [-0.05, 0) is 49.8 Å². The Hall–Kier alpha value is -1.92. The number of allylic oxidation sites excluding steroid dienone is 1. The zero-order chi connectivity index (χ0) is 17.3. The summed E-state index contributed by atoms with van der Waals surface area (Å²) in [5.41, 5.74) is 2.48. The van der Waals surface area contributed by atoms with E-state index in [2.05, 4.69) is 0 Å². The Labute approximate surface area is 145 Å². The topological polar surface area (TPSA) is 55.8 Å². The monoisotopic (exact) mass is 347 g/mol. The molecule has 6 heteroatoms. The Morgan fingerprint density at radius 2 is 2.29 bits per heavy atom. The molecule has 128 valence electrons. The van der Waals surface area contributed by atoms with Crippen LogP contribution in [0.3, 0.4) is 0 Å². The second kappa shape index (κ2) is 6.91. The van der Waals surface area contributed by atoms with Crippen LogP contribution in [0.5, 0.6) is 0 Å². The standard InChI is InChI=1S/C18H21NO4S/c1-11-6-8-24-15(11)9-14-16(18(21)22-3)12(2)19(17(14)20)10-13-5-4-7-23-13/h6,8-9,13H,4-5,7,10H2,1-3H3/b14-9-/t13-/m0/s1. The normalized spacial score (nSPS) is 22.8. The third-order valence-electron chi connectivity index (χ3n) is 4.49. The average Bonchev–Trinajstić information content (AvgIpc) is 3.26. The van der Waals surface area contributed by atoms with Crippen molar-refractivity contribution in [2.75, 3.05) is 20.3 Å². The quantitative estimate of drug-likeness (QED) is 0.621. The number of nitrogens with zero attached hydrogens (tertiary/aromatic N) is 1. The van der Waals surface area contributed by atoms with Gasteiger partial charge >= 0.3 is 5.97 Å². The molecule has 3 heterocycles. The minimum absolute atomic E-state index is 0.0330. The number of methoxy groups -OCH3 is 1. The van der Waals surface area contributed by atoms with E-state index in [1.807, 2.05) is 18.4 Å². The molecule has 3 rings (SSSR count). The van der Waals surface area contributed by atoms with Gasteiger partial charge in [-0.15, -0.1) is 11.3 Å². The van der Waals surface area contributed by atoms with Crippen LogP contribution in [0.15, 0.2) is 28.3 Å². The molecule has 0 unspecified atom stereocenters. The van der Waals surface area contributed by atoms with Crippen molar-refractivity contribution in [3.05, 3.63) is 38.7 Å². The Morgan fingerprint density at radius 1 is 1.50 bits per heavy atom. The van der Waals surface area contributed by atoms with E-state index in [0.717, 1.165) is 29.9 Å². The molecule has 0 radical (unpaired) electrons. The van der Waals surface area contributed by atoms with Crippen molar-refractivity contribution in [2.24, 2.45) is 0 Å². The van der Waals surface area contributed by atoms with E-state index in [1.165, 1.54) is 7.11 Å². The molecular formula is C18H21NO4S. The van der Waals surface area contributed by atoms with Crippen LogP contribution in [0.2, 0.25) is 0 Å². The Kier molecular flexibility index (Phi) is 4.87. The lowest BCUT2D eigenvalue weighted by molar-refractivity contribution is -0.136. The van der Waals surface area contributed by atoms with Gasteiger partial charge in [0.2, 0.25) is 0 Å². The second-order valence-corrected chi connectivity index (χ2v) is 6.98. The van der Waals surface area contributed by atoms with Crippen molar-refractivity contribution in [1.82, 2.24) is 4.90 Å². The first-order chi connectivity index (χ1) is 11.5. The van der Waals surface area contributed by atoms with E-state index in [4.69, 9.17) is 9.47 Å². The molecule has 5 nitrogen and oxygen atoms in total. The minimum atomic E-state index is -0.476. The third-order valence-corrected chi connectivity index (χ3v) is 5.45. The first-order valence-electron chi connectivity index (χ1n) is 8.01.